The van der Waals surface area contributed by atoms with Gasteiger partial charge in [0.2, 0.25) is 0 Å². The zero-order chi connectivity index (χ0) is 22.2. The average Bonchev–Trinajstić information content (AvgIpc) is 2.74. The fourth-order valence-corrected chi connectivity index (χ4v) is 4.61. The molecule has 0 radical (unpaired) electrons. The maximum Gasteiger partial charge on any atom is 0.264 e. The monoisotopic (exact) mass is 442 g/mol. The Labute approximate surface area is 188 Å². The van der Waals surface area contributed by atoms with Crippen LogP contribution in [-0.4, -0.2) is 41.6 Å². The minimum atomic E-state index is -0.469. The molecule has 0 aromatic heterocycles. The van der Waals surface area contributed by atoms with Gasteiger partial charge in [0.15, 0.2) is 0 Å². The number of amides is 1. The number of rotatable bonds is 9. The topological polar surface area (TPSA) is 60.0 Å². The van der Waals surface area contributed by atoms with Crippen LogP contribution in [0.15, 0.2) is 66.1 Å². The van der Waals surface area contributed by atoms with Crippen LogP contribution in [0.4, 0.5) is 0 Å². The summed E-state index contributed by atoms with van der Waals surface area (Å²) in [6.07, 6.45) is 1.34. The molecule has 1 fully saturated rings. The number of morpholine rings is 1. The van der Waals surface area contributed by atoms with Gasteiger partial charge in [-0.1, -0.05) is 30.3 Å². The van der Waals surface area contributed by atoms with E-state index in [1.54, 1.807) is 6.08 Å². The Morgan fingerprint density at radius 2 is 2.00 bits per heavy atom. The van der Waals surface area contributed by atoms with Crippen molar-refractivity contribution in [3.63, 3.8) is 0 Å². The van der Waals surface area contributed by atoms with Crippen molar-refractivity contribution in [2.45, 2.75) is 50.5 Å². The van der Waals surface area contributed by atoms with Crippen molar-refractivity contribution in [2.75, 3.05) is 13.2 Å². The lowest BCUT2D eigenvalue weighted by Gasteiger charge is -2.40. The molecule has 0 aliphatic carbocycles. The highest BCUT2D eigenvalue weighted by Gasteiger charge is 2.38. The third kappa shape index (κ3) is 6.58. The summed E-state index contributed by atoms with van der Waals surface area (Å²) < 4.78 is 13.9. The van der Waals surface area contributed by atoms with Gasteiger partial charge in [-0.2, -0.15) is 0 Å². The van der Waals surface area contributed by atoms with Crippen molar-refractivity contribution in [3.8, 4) is 5.75 Å². The predicted octanol–water partition coefficient (Wildman–Crippen LogP) is 4.29. The van der Waals surface area contributed by atoms with Gasteiger partial charge in [-0.25, -0.2) is 9.79 Å². The molecule has 7 heteroatoms. The summed E-state index contributed by atoms with van der Waals surface area (Å²) >= 11 is 1.53. The molecule has 2 aromatic rings. The van der Waals surface area contributed by atoms with Crippen LogP contribution in [0.1, 0.15) is 25.0 Å². The number of aryl methyl sites for hydroxylation is 1. The molecule has 1 aliphatic heterocycles. The van der Waals surface area contributed by atoms with E-state index in [0.29, 0.717) is 13.2 Å². The first kappa shape index (κ1) is 23.3. The van der Waals surface area contributed by atoms with E-state index in [1.807, 2.05) is 50.2 Å². The van der Waals surface area contributed by atoms with Gasteiger partial charge >= 0.3 is 0 Å². The summed E-state index contributed by atoms with van der Waals surface area (Å²) in [6.45, 7) is 11.0. The van der Waals surface area contributed by atoms with Crippen LogP contribution < -0.4 is 10.2 Å². The molecule has 0 saturated carbocycles. The fraction of sp³-hybridized carbons (Fsp3) is 0.375. The lowest BCUT2D eigenvalue weighted by Crippen LogP contribution is -2.57. The van der Waals surface area contributed by atoms with Crippen LogP contribution in [0, 0.1) is 6.92 Å². The van der Waals surface area contributed by atoms with Crippen molar-refractivity contribution in [2.24, 2.45) is 0 Å². The first-order valence-electron chi connectivity index (χ1n) is 10.4. The fourth-order valence-electron chi connectivity index (χ4n) is 3.42. The molecule has 3 atom stereocenters. The minimum absolute atomic E-state index is 0.0253. The predicted molar refractivity (Wildman–Crippen MR) is 123 cm³/mol. The van der Waals surface area contributed by atoms with E-state index in [4.69, 9.17) is 14.3 Å². The summed E-state index contributed by atoms with van der Waals surface area (Å²) in [4.78, 5) is 18.8. The lowest BCUT2D eigenvalue weighted by atomic mass is 10.1. The maximum atomic E-state index is 12.7. The van der Waals surface area contributed by atoms with Gasteiger partial charge in [0.25, 0.3) is 5.91 Å². The second kappa shape index (κ2) is 11.3. The number of benzene rings is 2. The number of hydroxylamine groups is 1. The highest BCUT2D eigenvalue weighted by Crippen LogP contribution is 2.32. The van der Waals surface area contributed by atoms with Crippen molar-refractivity contribution >= 4 is 17.9 Å². The molecule has 1 heterocycles. The van der Waals surface area contributed by atoms with Gasteiger partial charge in [-0.05, 0) is 68.1 Å². The van der Waals surface area contributed by atoms with E-state index in [-0.39, 0.29) is 24.7 Å². The highest BCUT2D eigenvalue weighted by molar-refractivity contribution is 7.97. The number of hydrogen-bond donors (Lipinski definition) is 1. The molecule has 3 rings (SSSR count). The first-order valence-corrected chi connectivity index (χ1v) is 11.1. The van der Waals surface area contributed by atoms with Crippen molar-refractivity contribution < 1.29 is 19.1 Å². The summed E-state index contributed by atoms with van der Waals surface area (Å²) in [6, 6.07) is 15.6. The molecule has 31 heavy (non-hydrogen) atoms. The summed E-state index contributed by atoms with van der Waals surface area (Å²) in [7, 11) is 0. The summed E-state index contributed by atoms with van der Waals surface area (Å²) in [5.41, 5.74) is 4.88. The van der Waals surface area contributed by atoms with Crippen LogP contribution in [0.5, 0.6) is 5.75 Å². The van der Waals surface area contributed by atoms with Gasteiger partial charge in [-0.15, -0.1) is 6.58 Å². The molecule has 1 amide bonds. The van der Waals surface area contributed by atoms with Crippen LogP contribution in [0.2, 0.25) is 0 Å². The van der Waals surface area contributed by atoms with Crippen molar-refractivity contribution in [1.29, 1.82) is 0 Å². The van der Waals surface area contributed by atoms with Crippen LogP contribution in [0.25, 0.3) is 0 Å². The van der Waals surface area contributed by atoms with E-state index in [1.165, 1.54) is 23.1 Å². The number of hydrogen-bond acceptors (Lipinski definition) is 6. The van der Waals surface area contributed by atoms with Gasteiger partial charge in [-0.3, -0.25) is 9.63 Å². The van der Waals surface area contributed by atoms with Gasteiger partial charge in [0.1, 0.15) is 18.4 Å². The number of nitrogens with zero attached hydrogens (tertiary/aromatic N) is 1. The molecule has 1 N–H and O–H groups in total. The Bertz CT molecular complexity index is 874. The number of carbonyl (C=O) groups excluding carboxylic acids is 1. The van der Waals surface area contributed by atoms with Crippen LogP contribution >= 0.6 is 11.9 Å². The number of ether oxygens (including phenoxy) is 2. The molecule has 3 unspecified atom stereocenters. The molecule has 166 valence electrons. The quantitative estimate of drug-likeness (QED) is 0.271. The Kier molecular flexibility index (Phi) is 8.54. The Morgan fingerprint density at radius 3 is 2.71 bits per heavy atom. The third-order valence-corrected chi connectivity index (χ3v) is 6.08. The Morgan fingerprint density at radius 1 is 1.26 bits per heavy atom. The second-order valence-electron chi connectivity index (χ2n) is 7.54. The van der Waals surface area contributed by atoms with Crippen molar-refractivity contribution in [1.82, 2.24) is 9.79 Å². The molecule has 1 saturated heterocycles. The third-order valence-electron chi connectivity index (χ3n) is 4.98. The van der Waals surface area contributed by atoms with Gasteiger partial charge < -0.3 is 9.47 Å². The normalized spacial score (nSPS) is 21.5. The zero-order valence-electron chi connectivity index (χ0n) is 18.2. The molecule has 2 aromatic carbocycles. The number of nitrogens with one attached hydrogen (secondary N) is 1. The molecule has 0 spiro atoms. The van der Waals surface area contributed by atoms with E-state index < -0.39 is 6.04 Å². The van der Waals surface area contributed by atoms with E-state index in [2.05, 4.69) is 35.4 Å². The SMILES string of the molecule is C=CCONC(=O)C1C(C)OC(C)CN1Sc1ccc(OCc2ccccc2C)cc1. The molecule has 6 nitrogen and oxygen atoms in total. The molecular formula is C24H30N2O4S. The molecular weight excluding hydrogens is 412 g/mol. The Balaban J connectivity index is 1.62. The largest absolute Gasteiger partial charge is 0.489 e. The summed E-state index contributed by atoms with van der Waals surface area (Å²) in [5.74, 6) is 0.579. The highest BCUT2D eigenvalue weighted by atomic mass is 32.2. The van der Waals surface area contributed by atoms with Gasteiger partial charge in [0, 0.05) is 11.4 Å². The molecule has 1 aliphatic rings. The molecule has 0 bridgehead atoms. The van der Waals surface area contributed by atoms with Crippen LogP contribution in [-0.2, 0) is 21.0 Å². The first-order chi connectivity index (χ1) is 15.0. The van der Waals surface area contributed by atoms with Crippen LogP contribution in [0.3, 0.4) is 0 Å². The standard InChI is InChI=1S/C24H30N2O4S/c1-5-14-29-25-24(27)23-19(4)30-18(3)15-26(23)31-22-12-10-21(11-13-22)28-16-20-9-7-6-8-17(20)2/h5-13,18-19,23H,1,14-16H2,2-4H3,(H,25,27). The van der Waals surface area contributed by atoms with Gasteiger partial charge in [0.05, 0.1) is 18.8 Å². The number of carbonyl (C=O) groups is 1. The summed E-state index contributed by atoms with van der Waals surface area (Å²) in [5, 5.41) is 0. The van der Waals surface area contributed by atoms with Crippen molar-refractivity contribution in [3.05, 3.63) is 72.3 Å². The van der Waals surface area contributed by atoms with E-state index in [9.17, 15) is 4.79 Å². The average molecular weight is 443 g/mol. The second-order valence-corrected chi connectivity index (χ2v) is 8.66. The lowest BCUT2D eigenvalue weighted by molar-refractivity contribution is -0.149. The minimum Gasteiger partial charge on any atom is -0.489 e. The smallest absolute Gasteiger partial charge is 0.264 e. The Hall–Kier alpha value is -2.32. The van der Waals surface area contributed by atoms with E-state index in [0.717, 1.165) is 10.6 Å². The zero-order valence-corrected chi connectivity index (χ0v) is 19.1. The maximum absolute atomic E-state index is 12.7. The van der Waals surface area contributed by atoms with E-state index >= 15 is 0 Å².